The van der Waals surface area contributed by atoms with Crippen LogP contribution in [0.3, 0.4) is 0 Å². The molecule has 0 spiro atoms. The van der Waals surface area contributed by atoms with Crippen LogP contribution in [0.4, 0.5) is 4.39 Å². The predicted molar refractivity (Wildman–Crippen MR) is 80.8 cm³/mol. The van der Waals surface area contributed by atoms with E-state index in [0.717, 1.165) is 0 Å². The van der Waals surface area contributed by atoms with Crippen LogP contribution in [0.2, 0.25) is 0 Å². The van der Waals surface area contributed by atoms with E-state index in [4.69, 9.17) is 4.74 Å². The summed E-state index contributed by atoms with van der Waals surface area (Å²) in [4.78, 5) is 14.3. The van der Waals surface area contributed by atoms with Crippen molar-refractivity contribution in [3.63, 3.8) is 0 Å². The lowest BCUT2D eigenvalue weighted by Crippen LogP contribution is -2.52. The number of hydrogen-bond donors (Lipinski definition) is 1. The summed E-state index contributed by atoms with van der Waals surface area (Å²) in [5, 5.41) is 13.5. The van der Waals surface area contributed by atoms with E-state index in [0.29, 0.717) is 24.5 Å². The molecule has 122 valence electrons. The van der Waals surface area contributed by atoms with E-state index in [2.05, 4.69) is 5.10 Å². The van der Waals surface area contributed by atoms with Crippen LogP contribution in [0.15, 0.2) is 36.5 Å². The van der Waals surface area contributed by atoms with Crippen LogP contribution in [0.1, 0.15) is 17.4 Å². The number of benzene rings is 1. The van der Waals surface area contributed by atoms with Crippen LogP contribution in [0.5, 0.6) is 0 Å². The molecule has 1 N–H and O–H groups in total. The molecule has 2 aromatic rings. The molecule has 1 fully saturated rings. The molecular weight excluding hydrogens is 301 g/mol. The summed E-state index contributed by atoms with van der Waals surface area (Å²) < 4.78 is 19.9. The highest BCUT2D eigenvalue weighted by atomic mass is 19.1. The Kier molecular flexibility index (Phi) is 4.40. The first-order valence-electron chi connectivity index (χ1n) is 7.43. The zero-order valence-electron chi connectivity index (χ0n) is 12.7. The number of carbonyl (C=O) groups is 1. The Hall–Kier alpha value is -2.25. The summed E-state index contributed by atoms with van der Waals surface area (Å²) in [6.07, 6.45) is 1.30. The van der Waals surface area contributed by atoms with Crippen LogP contribution in [-0.4, -0.2) is 57.6 Å². The Morgan fingerprint density at radius 3 is 2.83 bits per heavy atom. The molecule has 0 aliphatic carbocycles. The zero-order chi connectivity index (χ0) is 16.4. The Balaban J connectivity index is 1.79. The van der Waals surface area contributed by atoms with E-state index >= 15 is 0 Å². The van der Waals surface area contributed by atoms with Crippen LogP contribution >= 0.6 is 0 Å². The van der Waals surface area contributed by atoms with E-state index in [-0.39, 0.29) is 30.5 Å². The van der Waals surface area contributed by atoms with Gasteiger partial charge in [-0.05, 0) is 37.3 Å². The molecule has 1 aromatic heterocycles. The molecule has 1 aliphatic rings. The van der Waals surface area contributed by atoms with Gasteiger partial charge in [-0.2, -0.15) is 5.10 Å². The molecule has 0 radical (unpaired) electrons. The Bertz CT molecular complexity index is 686. The average Bonchev–Trinajstić information content (AvgIpc) is 3.05. The Morgan fingerprint density at radius 1 is 1.39 bits per heavy atom. The molecule has 1 amide bonds. The number of hydrogen-bond acceptors (Lipinski definition) is 4. The third kappa shape index (κ3) is 3.25. The summed E-state index contributed by atoms with van der Waals surface area (Å²) in [5.74, 6) is -0.533. The lowest BCUT2D eigenvalue weighted by Gasteiger charge is -2.37. The van der Waals surface area contributed by atoms with Crippen LogP contribution in [0.25, 0.3) is 5.69 Å². The van der Waals surface area contributed by atoms with E-state index in [1.165, 1.54) is 16.8 Å². The summed E-state index contributed by atoms with van der Waals surface area (Å²) in [6, 6.07) is 7.41. The maximum Gasteiger partial charge on any atom is 0.274 e. The normalized spacial score (nSPS) is 21.4. The third-order valence-electron chi connectivity index (χ3n) is 3.87. The lowest BCUT2D eigenvalue weighted by atomic mass is 10.2. The van der Waals surface area contributed by atoms with Gasteiger partial charge in [0.05, 0.1) is 31.0 Å². The van der Waals surface area contributed by atoms with E-state index < -0.39 is 0 Å². The fourth-order valence-corrected chi connectivity index (χ4v) is 2.53. The van der Waals surface area contributed by atoms with Gasteiger partial charge < -0.3 is 14.7 Å². The maximum absolute atomic E-state index is 13.0. The molecule has 2 unspecified atom stereocenters. The quantitative estimate of drug-likeness (QED) is 0.924. The Morgan fingerprint density at radius 2 is 2.13 bits per heavy atom. The van der Waals surface area contributed by atoms with Gasteiger partial charge in [0.25, 0.3) is 5.91 Å². The third-order valence-corrected chi connectivity index (χ3v) is 3.87. The highest BCUT2D eigenvalue weighted by Gasteiger charge is 2.30. The lowest BCUT2D eigenvalue weighted by molar-refractivity contribution is -0.0668. The molecule has 1 saturated heterocycles. The minimum atomic E-state index is -0.366. The first-order valence-corrected chi connectivity index (χ1v) is 7.43. The molecule has 2 atom stereocenters. The van der Waals surface area contributed by atoms with Gasteiger partial charge in [0.2, 0.25) is 0 Å². The maximum atomic E-state index is 13.0. The largest absolute Gasteiger partial charge is 0.394 e. The first kappa shape index (κ1) is 15.6. The predicted octanol–water partition coefficient (Wildman–Crippen LogP) is 1.23. The number of rotatable bonds is 3. The number of ether oxygens (including phenoxy) is 1. The number of morpholine rings is 1. The molecule has 0 bridgehead atoms. The number of aliphatic hydroxyl groups excluding tert-OH is 1. The fourth-order valence-electron chi connectivity index (χ4n) is 2.53. The van der Waals surface area contributed by atoms with Gasteiger partial charge in [0, 0.05) is 12.7 Å². The van der Waals surface area contributed by atoms with Crippen molar-refractivity contribution in [2.75, 3.05) is 19.8 Å². The minimum absolute atomic E-state index is 0.0822. The summed E-state index contributed by atoms with van der Waals surface area (Å²) in [5.41, 5.74) is 0.980. The van der Waals surface area contributed by atoms with E-state index in [1.54, 1.807) is 29.3 Å². The van der Waals surface area contributed by atoms with Gasteiger partial charge in [-0.1, -0.05) is 0 Å². The second-order valence-electron chi connectivity index (χ2n) is 5.57. The number of halogens is 1. The second-order valence-corrected chi connectivity index (χ2v) is 5.57. The van der Waals surface area contributed by atoms with E-state index in [1.807, 2.05) is 6.92 Å². The molecule has 23 heavy (non-hydrogen) atoms. The second kappa shape index (κ2) is 6.47. The highest BCUT2D eigenvalue weighted by Crippen LogP contribution is 2.16. The van der Waals surface area contributed by atoms with Crippen LogP contribution in [-0.2, 0) is 4.74 Å². The van der Waals surface area contributed by atoms with Crippen LogP contribution < -0.4 is 0 Å². The summed E-state index contributed by atoms with van der Waals surface area (Å²) >= 11 is 0. The van der Waals surface area contributed by atoms with Gasteiger partial charge in [0.15, 0.2) is 5.69 Å². The van der Waals surface area contributed by atoms with Crippen molar-refractivity contribution in [3.05, 3.63) is 48.0 Å². The smallest absolute Gasteiger partial charge is 0.274 e. The molecule has 7 heteroatoms. The van der Waals surface area contributed by atoms with Gasteiger partial charge in [-0.25, -0.2) is 9.07 Å². The number of carbonyl (C=O) groups excluding carboxylic acids is 1. The Labute approximate surface area is 133 Å². The SMILES string of the molecule is CC1COC(CO)CN1C(=O)c1ccn(-c2ccc(F)cc2)n1. The first-order chi connectivity index (χ1) is 11.1. The summed E-state index contributed by atoms with van der Waals surface area (Å²) in [6.45, 7) is 2.48. The van der Waals surface area contributed by atoms with Crippen molar-refractivity contribution >= 4 is 5.91 Å². The van der Waals surface area contributed by atoms with E-state index in [9.17, 15) is 14.3 Å². The van der Waals surface area contributed by atoms with Crippen molar-refractivity contribution in [1.29, 1.82) is 0 Å². The van der Waals surface area contributed by atoms with Gasteiger partial charge in [-0.15, -0.1) is 0 Å². The van der Waals surface area contributed by atoms with Gasteiger partial charge in [0.1, 0.15) is 5.82 Å². The molecule has 1 aliphatic heterocycles. The molecule has 3 rings (SSSR count). The molecule has 2 heterocycles. The number of aliphatic hydroxyl groups is 1. The molecule has 6 nitrogen and oxygen atoms in total. The van der Waals surface area contributed by atoms with Gasteiger partial charge >= 0.3 is 0 Å². The van der Waals surface area contributed by atoms with Crippen molar-refractivity contribution in [2.45, 2.75) is 19.1 Å². The topological polar surface area (TPSA) is 67.6 Å². The van der Waals surface area contributed by atoms with Crippen molar-refractivity contribution in [1.82, 2.24) is 14.7 Å². The molecular formula is C16H18FN3O3. The number of aromatic nitrogens is 2. The monoisotopic (exact) mass is 319 g/mol. The molecule has 1 aromatic carbocycles. The summed E-state index contributed by atoms with van der Waals surface area (Å²) in [7, 11) is 0. The molecule has 0 saturated carbocycles. The minimum Gasteiger partial charge on any atom is -0.394 e. The standard InChI is InChI=1S/C16H18FN3O3/c1-11-10-23-14(9-21)8-19(11)16(22)15-6-7-20(18-15)13-4-2-12(17)3-5-13/h2-7,11,14,21H,8-10H2,1H3. The number of amides is 1. The number of nitrogens with zero attached hydrogens (tertiary/aromatic N) is 3. The van der Waals surface area contributed by atoms with Crippen molar-refractivity contribution in [2.24, 2.45) is 0 Å². The van der Waals surface area contributed by atoms with Gasteiger partial charge in [-0.3, -0.25) is 4.79 Å². The van der Waals surface area contributed by atoms with Crippen LogP contribution in [0, 0.1) is 5.82 Å². The van der Waals surface area contributed by atoms with Crippen molar-refractivity contribution < 1.29 is 19.0 Å². The highest BCUT2D eigenvalue weighted by molar-refractivity contribution is 5.92. The van der Waals surface area contributed by atoms with Crippen molar-refractivity contribution in [3.8, 4) is 5.69 Å². The fraction of sp³-hybridized carbons (Fsp3) is 0.375. The zero-order valence-corrected chi connectivity index (χ0v) is 12.7. The average molecular weight is 319 g/mol.